The maximum Gasteiger partial charge on any atom is 0.238 e. The number of carbonyl (C=O) groups excluding carboxylic acids is 1. The highest BCUT2D eigenvalue weighted by Crippen LogP contribution is 2.24. The zero-order valence-electron chi connectivity index (χ0n) is 13.6. The van der Waals surface area contributed by atoms with Crippen molar-refractivity contribution >= 4 is 5.91 Å². The average Bonchev–Trinajstić information content (AvgIpc) is 2.80. The molecule has 2 rings (SSSR count). The molecule has 1 fully saturated rings. The number of hydrogen-bond acceptors (Lipinski definition) is 3. The minimum atomic E-state index is 0.0286. The van der Waals surface area contributed by atoms with Crippen molar-refractivity contribution in [2.75, 3.05) is 33.7 Å². The fourth-order valence-electron chi connectivity index (χ4n) is 2.71. The van der Waals surface area contributed by atoms with E-state index in [0.717, 1.165) is 19.5 Å². The van der Waals surface area contributed by atoms with Crippen molar-refractivity contribution in [2.24, 2.45) is 0 Å². The fourth-order valence-corrected chi connectivity index (χ4v) is 2.71. The summed E-state index contributed by atoms with van der Waals surface area (Å²) in [6.45, 7) is 6.64. The predicted octanol–water partition coefficient (Wildman–Crippen LogP) is 2.19. The first-order valence-electron chi connectivity index (χ1n) is 7.76. The number of nitrogens with one attached hydrogen (secondary N) is 1. The van der Waals surface area contributed by atoms with Crippen molar-refractivity contribution < 1.29 is 4.79 Å². The second-order valence-electron chi connectivity index (χ2n) is 6.35. The molecule has 4 heteroatoms. The molecule has 4 nitrogen and oxygen atoms in total. The quantitative estimate of drug-likeness (QED) is 0.872. The Balaban J connectivity index is 2.04. The zero-order valence-corrected chi connectivity index (χ0v) is 13.6. The Morgan fingerprint density at radius 1 is 1.29 bits per heavy atom. The molecule has 1 aromatic rings. The number of rotatable bonds is 6. The summed E-state index contributed by atoms with van der Waals surface area (Å²) in [5, 5.41) is 3.32. The molecule has 1 saturated heterocycles. The van der Waals surface area contributed by atoms with Gasteiger partial charge in [-0.25, -0.2) is 0 Å². The van der Waals surface area contributed by atoms with Crippen LogP contribution in [0.3, 0.4) is 0 Å². The highest BCUT2D eigenvalue weighted by Gasteiger charge is 2.30. The molecule has 0 radical (unpaired) electrons. The van der Waals surface area contributed by atoms with Gasteiger partial charge in [-0.1, -0.05) is 38.1 Å². The van der Waals surface area contributed by atoms with Crippen LogP contribution in [0, 0.1) is 0 Å². The molecule has 0 bridgehead atoms. The first-order valence-corrected chi connectivity index (χ1v) is 7.76. The Hall–Kier alpha value is -1.39. The zero-order chi connectivity index (χ0) is 15.4. The molecule has 1 aliphatic rings. The molecule has 1 aromatic carbocycles. The molecule has 0 spiro atoms. The summed E-state index contributed by atoms with van der Waals surface area (Å²) >= 11 is 0. The van der Waals surface area contributed by atoms with Crippen LogP contribution in [0.4, 0.5) is 0 Å². The summed E-state index contributed by atoms with van der Waals surface area (Å²) in [4.78, 5) is 16.2. The molecule has 1 atom stereocenters. The highest BCUT2D eigenvalue weighted by atomic mass is 16.2. The van der Waals surface area contributed by atoms with Crippen LogP contribution in [0.15, 0.2) is 24.3 Å². The van der Waals surface area contributed by atoms with Gasteiger partial charge in [-0.15, -0.1) is 0 Å². The van der Waals surface area contributed by atoms with Gasteiger partial charge in [0, 0.05) is 6.54 Å². The molecule has 0 aliphatic carbocycles. The van der Waals surface area contributed by atoms with Gasteiger partial charge in [0.2, 0.25) is 5.91 Å². The smallest absolute Gasteiger partial charge is 0.238 e. The van der Waals surface area contributed by atoms with Gasteiger partial charge in [0.1, 0.15) is 6.17 Å². The van der Waals surface area contributed by atoms with Crippen LogP contribution in [0.5, 0.6) is 0 Å². The number of nitrogens with zero attached hydrogens (tertiary/aromatic N) is 2. The summed E-state index contributed by atoms with van der Waals surface area (Å²) < 4.78 is 0. The number of amides is 1. The van der Waals surface area contributed by atoms with Gasteiger partial charge in [-0.05, 0) is 44.1 Å². The molecular formula is C17H27N3O. The fraction of sp³-hybridized carbons (Fsp3) is 0.588. The minimum absolute atomic E-state index is 0.0286. The van der Waals surface area contributed by atoms with Gasteiger partial charge in [-0.2, -0.15) is 0 Å². The van der Waals surface area contributed by atoms with Gasteiger partial charge in [0.25, 0.3) is 0 Å². The molecule has 0 aromatic heterocycles. The second-order valence-corrected chi connectivity index (χ2v) is 6.35. The summed E-state index contributed by atoms with van der Waals surface area (Å²) in [5.74, 6) is 0.736. The van der Waals surface area contributed by atoms with Crippen molar-refractivity contribution in [2.45, 2.75) is 32.4 Å². The Morgan fingerprint density at radius 3 is 2.52 bits per heavy atom. The molecule has 1 amide bonds. The van der Waals surface area contributed by atoms with E-state index in [1.54, 1.807) is 0 Å². The minimum Gasteiger partial charge on any atom is -0.322 e. The van der Waals surface area contributed by atoms with Crippen molar-refractivity contribution in [3.05, 3.63) is 35.4 Å². The van der Waals surface area contributed by atoms with Gasteiger partial charge in [0.15, 0.2) is 0 Å². The molecule has 0 saturated carbocycles. The monoisotopic (exact) mass is 289 g/mol. The first kappa shape index (κ1) is 16.0. The summed E-state index contributed by atoms with van der Waals surface area (Å²) in [6, 6.07) is 8.63. The van der Waals surface area contributed by atoms with Crippen molar-refractivity contribution in [3.63, 3.8) is 0 Å². The maximum absolute atomic E-state index is 12.1. The summed E-state index contributed by atoms with van der Waals surface area (Å²) in [7, 11) is 4.12. The standard InChI is InChI=1S/C17H27N3O/c1-13(2)14-6-8-15(9-7-14)17-18-12-16(21)20(17)11-5-10-19(3)4/h6-9,13,17-18H,5,10-12H2,1-4H3. The van der Waals surface area contributed by atoms with Crippen molar-refractivity contribution in [1.29, 1.82) is 0 Å². The van der Waals surface area contributed by atoms with Gasteiger partial charge in [-0.3, -0.25) is 10.1 Å². The molecule has 1 N–H and O–H groups in total. The van der Waals surface area contributed by atoms with Gasteiger partial charge >= 0.3 is 0 Å². The Kier molecular flexibility index (Phi) is 5.37. The van der Waals surface area contributed by atoms with Crippen LogP contribution in [-0.2, 0) is 4.79 Å². The van der Waals surface area contributed by atoms with E-state index in [1.165, 1.54) is 11.1 Å². The molecule has 1 unspecified atom stereocenters. The van der Waals surface area contributed by atoms with Crippen LogP contribution in [0.1, 0.15) is 43.5 Å². The molecule has 1 aliphatic heterocycles. The third-order valence-electron chi connectivity index (χ3n) is 4.00. The van der Waals surface area contributed by atoms with Crippen LogP contribution in [0.2, 0.25) is 0 Å². The van der Waals surface area contributed by atoms with E-state index in [1.807, 2.05) is 4.90 Å². The molecule has 21 heavy (non-hydrogen) atoms. The van der Waals surface area contributed by atoms with Gasteiger partial charge in [0.05, 0.1) is 6.54 Å². The topological polar surface area (TPSA) is 35.6 Å². The molecule has 116 valence electrons. The predicted molar refractivity (Wildman–Crippen MR) is 86.2 cm³/mol. The third-order valence-corrected chi connectivity index (χ3v) is 4.00. The van der Waals surface area contributed by atoms with E-state index in [0.29, 0.717) is 12.5 Å². The van der Waals surface area contributed by atoms with Crippen molar-refractivity contribution in [3.8, 4) is 0 Å². The highest BCUT2D eigenvalue weighted by molar-refractivity contribution is 5.80. The van der Waals surface area contributed by atoms with Crippen LogP contribution in [-0.4, -0.2) is 49.4 Å². The average molecular weight is 289 g/mol. The maximum atomic E-state index is 12.1. The van der Waals surface area contributed by atoms with E-state index in [-0.39, 0.29) is 12.1 Å². The normalized spacial score (nSPS) is 19.0. The first-order chi connectivity index (χ1) is 9.99. The van der Waals surface area contributed by atoms with Gasteiger partial charge < -0.3 is 9.80 Å². The van der Waals surface area contributed by atoms with E-state index < -0.39 is 0 Å². The Labute approximate surface area is 128 Å². The Morgan fingerprint density at radius 2 is 1.95 bits per heavy atom. The van der Waals surface area contributed by atoms with E-state index in [4.69, 9.17) is 0 Å². The van der Waals surface area contributed by atoms with Crippen molar-refractivity contribution in [1.82, 2.24) is 15.1 Å². The lowest BCUT2D eigenvalue weighted by atomic mass is 10.0. The summed E-state index contributed by atoms with van der Waals surface area (Å²) in [5.41, 5.74) is 2.51. The van der Waals surface area contributed by atoms with Crippen LogP contribution in [0.25, 0.3) is 0 Å². The lowest BCUT2D eigenvalue weighted by Crippen LogP contribution is -2.32. The van der Waals surface area contributed by atoms with E-state index in [2.05, 4.69) is 62.4 Å². The lowest BCUT2D eigenvalue weighted by Gasteiger charge is -2.25. The Bertz CT molecular complexity index is 467. The van der Waals surface area contributed by atoms with E-state index in [9.17, 15) is 4.79 Å². The summed E-state index contributed by atoms with van der Waals surface area (Å²) in [6.07, 6.45) is 1.03. The van der Waals surface area contributed by atoms with Crippen LogP contribution < -0.4 is 5.32 Å². The number of carbonyl (C=O) groups is 1. The largest absolute Gasteiger partial charge is 0.322 e. The molecular weight excluding hydrogens is 262 g/mol. The number of benzene rings is 1. The molecule has 1 heterocycles. The van der Waals surface area contributed by atoms with E-state index >= 15 is 0 Å². The number of hydrogen-bond donors (Lipinski definition) is 1. The second kappa shape index (κ2) is 7.05. The lowest BCUT2D eigenvalue weighted by molar-refractivity contribution is -0.128. The SMILES string of the molecule is CC(C)c1ccc(C2NCC(=O)N2CCCN(C)C)cc1. The third kappa shape index (κ3) is 4.05. The van der Waals surface area contributed by atoms with Crippen LogP contribution >= 0.6 is 0 Å².